The largest absolute Gasteiger partial charge is 0.389 e. The van der Waals surface area contributed by atoms with Crippen LogP contribution in [0.5, 0.6) is 0 Å². The zero-order valence-corrected chi connectivity index (χ0v) is 10.6. The van der Waals surface area contributed by atoms with E-state index in [0.29, 0.717) is 13.1 Å². The maximum absolute atomic E-state index is 12.0. The van der Waals surface area contributed by atoms with E-state index in [2.05, 4.69) is 15.9 Å². The molecule has 1 amide bonds. The van der Waals surface area contributed by atoms with Crippen molar-refractivity contribution in [1.29, 1.82) is 0 Å². The molecule has 4 heteroatoms. The van der Waals surface area contributed by atoms with Crippen molar-refractivity contribution in [3.63, 3.8) is 0 Å². The molecule has 0 aromatic heterocycles. The van der Waals surface area contributed by atoms with Crippen molar-refractivity contribution in [2.75, 3.05) is 13.1 Å². The minimum atomic E-state index is -0.332. The topological polar surface area (TPSA) is 40.5 Å². The van der Waals surface area contributed by atoms with E-state index in [9.17, 15) is 4.79 Å². The van der Waals surface area contributed by atoms with Crippen LogP contribution < -0.4 is 0 Å². The number of carbonyl (C=O) groups is 1. The summed E-state index contributed by atoms with van der Waals surface area (Å²) >= 11 is 3.36. The van der Waals surface area contributed by atoms with E-state index in [-0.39, 0.29) is 17.9 Å². The third-order valence-electron chi connectivity index (χ3n) is 2.91. The fourth-order valence-corrected chi connectivity index (χ4v) is 2.07. The molecule has 0 spiro atoms. The number of aliphatic hydroxyl groups is 1. The Morgan fingerprint density at radius 3 is 2.50 bits per heavy atom. The van der Waals surface area contributed by atoms with E-state index in [1.165, 1.54) is 0 Å². The predicted molar refractivity (Wildman–Crippen MR) is 65.1 cm³/mol. The van der Waals surface area contributed by atoms with Gasteiger partial charge in [0.1, 0.15) is 0 Å². The van der Waals surface area contributed by atoms with Crippen LogP contribution in [0.15, 0.2) is 28.7 Å². The van der Waals surface area contributed by atoms with Crippen molar-refractivity contribution in [2.24, 2.45) is 0 Å². The standard InChI is InChI=1S/C12H14BrNO2/c1-8(9-2-4-10(13)5-3-9)12(16)14-6-11(15)7-14/h2-5,8,11,15H,6-7H2,1H3. The SMILES string of the molecule is CC(C(=O)N1CC(O)C1)c1ccc(Br)cc1. The van der Waals surface area contributed by atoms with Gasteiger partial charge in [0.15, 0.2) is 0 Å². The highest BCUT2D eigenvalue weighted by atomic mass is 79.9. The number of hydrogen-bond donors (Lipinski definition) is 1. The summed E-state index contributed by atoms with van der Waals surface area (Å²) in [6.45, 7) is 2.84. The van der Waals surface area contributed by atoms with E-state index in [4.69, 9.17) is 5.11 Å². The molecular formula is C12H14BrNO2. The maximum atomic E-state index is 12.0. The molecule has 0 saturated carbocycles. The molecule has 1 N–H and O–H groups in total. The molecule has 0 bridgehead atoms. The Kier molecular flexibility index (Phi) is 3.30. The lowest BCUT2D eigenvalue weighted by atomic mass is 9.98. The van der Waals surface area contributed by atoms with Crippen LogP contribution in [0, 0.1) is 0 Å². The number of hydrogen-bond acceptors (Lipinski definition) is 2. The highest BCUT2D eigenvalue weighted by Crippen LogP contribution is 2.22. The number of nitrogens with zero attached hydrogens (tertiary/aromatic N) is 1. The maximum Gasteiger partial charge on any atom is 0.230 e. The molecule has 1 atom stereocenters. The molecule has 1 aromatic carbocycles. The van der Waals surface area contributed by atoms with E-state index >= 15 is 0 Å². The number of carbonyl (C=O) groups excluding carboxylic acids is 1. The van der Waals surface area contributed by atoms with Crippen molar-refractivity contribution >= 4 is 21.8 Å². The third-order valence-corrected chi connectivity index (χ3v) is 3.44. The average molecular weight is 284 g/mol. The summed E-state index contributed by atoms with van der Waals surface area (Å²) in [5.74, 6) is -0.0479. The van der Waals surface area contributed by atoms with E-state index < -0.39 is 0 Å². The van der Waals surface area contributed by atoms with Crippen molar-refractivity contribution in [1.82, 2.24) is 4.90 Å². The zero-order chi connectivity index (χ0) is 11.7. The van der Waals surface area contributed by atoms with Crippen LogP contribution in [0.2, 0.25) is 0 Å². The van der Waals surface area contributed by atoms with Crippen molar-refractivity contribution in [2.45, 2.75) is 18.9 Å². The first-order valence-electron chi connectivity index (χ1n) is 5.30. The molecule has 1 unspecified atom stereocenters. The highest BCUT2D eigenvalue weighted by Gasteiger charge is 2.31. The highest BCUT2D eigenvalue weighted by molar-refractivity contribution is 9.10. The van der Waals surface area contributed by atoms with Crippen LogP contribution >= 0.6 is 15.9 Å². The molecule has 86 valence electrons. The zero-order valence-electron chi connectivity index (χ0n) is 9.06. The Labute approximate surface area is 103 Å². The fourth-order valence-electron chi connectivity index (χ4n) is 1.80. The summed E-state index contributed by atoms with van der Waals surface area (Å²) in [5, 5.41) is 9.16. The van der Waals surface area contributed by atoms with Gasteiger partial charge in [-0.25, -0.2) is 0 Å². The number of aliphatic hydroxyl groups excluding tert-OH is 1. The molecule has 1 aliphatic rings. The van der Waals surface area contributed by atoms with Gasteiger partial charge in [-0.15, -0.1) is 0 Å². The number of halogens is 1. The van der Waals surface area contributed by atoms with Gasteiger partial charge in [0, 0.05) is 17.6 Å². The number of benzene rings is 1. The molecule has 0 radical (unpaired) electrons. The summed E-state index contributed by atoms with van der Waals surface area (Å²) in [6, 6.07) is 7.76. The quantitative estimate of drug-likeness (QED) is 0.899. The molecule has 1 saturated heterocycles. The van der Waals surface area contributed by atoms with E-state index in [0.717, 1.165) is 10.0 Å². The molecule has 1 aromatic rings. The smallest absolute Gasteiger partial charge is 0.230 e. The number of β-amino-alcohol motifs (C(OH)–C–C–N with tert-alkyl or cyclic N) is 1. The summed E-state index contributed by atoms with van der Waals surface area (Å²) in [6.07, 6.45) is -0.332. The number of amides is 1. The molecule has 2 rings (SSSR count). The predicted octanol–water partition coefficient (Wildman–Crippen LogP) is 1.76. The Balaban J connectivity index is 2.04. The third kappa shape index (κ3) is 2.28. The van der Waals surface area contributed by atoms with Gasteiger partial charge < -0.3 is 10.0 Å². The Morgan fingerprint density at radius 1 is 1.44 bits per heavy atom. The minimum Gasteiger partial charge on any atom is -0.389 e. The second kappa shape index (κ2) is 4.55. The first-order chi connectivity index (χ1) is 7.58. The van der Waals surface area contributed by atoms with Gasteiger partial charge in [-0.3, -0.25) is 4.79 Å². The normalized spacial score (nSPS) is 18.1. The number of likely N-dealkylation sites (tertiary alicyclic amines) is 1. The minimum absolute atomic E-state index is 0.0904. The molecule has 0 aliphatic carbocycles. The Bertz CT molecular complexity index is 385. The molecular weight excluding hydrogens is 270 g/mol. The van der Waals surface area contributed by atoms with Crippen LogP contribution in [0.25, 0.3) is 0 Å². The summed E-state index contributed by atoms with van der Waals surface area (Å²) < 4.78 is 1.01. The van der Waals surface area contributed by atoms with Crippen molar-refractivity contribution < 1.29 is 9.90 Å². The van der Waals surface area contributed by atoms with Crippen molar-refractivity contribution in [3.05, 3.63) is 34.3 Å². The van der Waals surface area contributed by atoms with Gasteiger partial charge in [0.05, 0.1) is 12.0 Å². The van der Waals surface area contributed by atoms with Crippen molar-refractivity contribution in [3.8, 4) is 0 Å². The van der Waals surface area contributed by atoms with E-state index in [1.807, 2.05) is 31.2 Å². The van der Waals surface area contributed by atoms with Crippen LogP contribution in [0.1, 0.15) is 18.4 Å². The molecule has 3 nitrogen and oxygen atoms in total. The lowest BCUT2D eigenvalue weighted by Crippen LogP contribution is -2.54. The van der Waals surface area contributed by atoms with Gasteiger partial charge in [-0.1, -0.05) is 28.1 Å². The van der Waals surface area contributed by atoms with Gasteiger partial charge in [-0.2, -0.15) is 0 Å². The summed E-state index contributed by atoms with van der Waals surface area (Å²) in [7, 11) is 0. The van der Waals surface area contributed by atoms with Crippen LogP contribution in [0.3, 0.4) is 0 Å². The second-order valence-corrected chi connectivity index (χ2v) is 5.09. The first kappa shape index (κ1) is 11.6. The Hall–Kier alpha value is -0.870. The van der Waals surface area contributed by atoms with Crippen LogP contribution in [-0.4, -0.2) is 35.1 Å². The Morgan fingerprint density at radius 2 is 2.00 bits per heavy atom. The van der Waals surface area contributed by atoms with E-state index in [1.54, 1.807) is 4.90 Å². The lowest BCUT2D eigenvalue weighted by molar-refractivity contribution is -0.142. The molecule has 16 heavy (non-hydrogen) atoms. The van der Waals surface area contributed by atoms with Crippen LogP contribution in [0.4, 0.5) is 0 Å². The molecule has 1 aliphatic heterocycles. The van der Waals surface area contributed by atoms with Gasteiger partial charge in [0.2, 0.25) is 5.91 Å². The summed E-state index contributed by atoms with van der Waals surface area (Å²) in [4.78, 5) is 13.7. The monoisotopic (exact) mass is 283 g/mol. The first-order valence-corrected chi connectivity index (χ1v) is 6.09. The average Bonchev–Trinajstić information content (AvgIpc) is 2.24. The molecule has 1 heterocycles. The van der Waals surface area contributed by atoms with Gasteiger partial charge in [0.25, 0.3) is 0 Å². The van der Waals surface area contributed by atoms with Gasteiger partial charge >= 0.3 is 0 Å². The van der Waals surface area contributed by atoms with Gasteiger partial charge in [-0.05, 0) is 24.6 Å². The second-order valence-electron chi connectivity index (χ2n) is 4.17. The summed E-state index contributed by atoms with van der Waals surface area (Å²) in [5.41, 5.74) is 1.01. The fraction of sp³-hybridized carbons (Fsp3) is 0.417. The lowest BCUT2D eigenvalue weighted by Gasteiger charge is -2.37. The number of rotatable bonds is 2. The molecule has 1 fully saturated rings. The van der Waals surface area contributed by atoms with Crippen LogP contribution in [-0.2, 0) is 4.79 Å².